The van der Waals surface area contributed by atoms with Crippen molar-refractivity contribution in [3.05, 3.63) is 70.4 Å². The number of aryl methyl sites for hydroxylation is 1. The second-order valence-electron chi connectivity index (χ2n) is 18.6. The molecule has 14 heteroatoms. The summed E-state index contributed by atoms with van der Waals surface area (Å²) in [6.45, 7) is 22.6. The highest BCUT2D eigenvalue weighted by Gasteiger charge is 2.78. The number of likely N-dealkylation sites (N-methyl/N-ethyl adjacent to an activating group) is 1. The van der Waals surface area contributed by atoms with E-state index in [1.165, 1.54) is 11.0 Å². The van der Waals surface area contributed by atoms with Gasteiger partial charge in [0.1, 0.15) is 11.4 Å². The second kappa shape index (κ2) is 17.0. The van der Waals surface area contributed by atoms with Crippen molar-refractivity contribution in [2.45, 2.75) is 131 Å². The monoisotopic (exact) mass is 879 g/mol. The Hall–Kier alpha value is -3.91. The number of halogens is 1. The lowest BCUT2D eigenvalue weighted by Crippen LogP contribution is -2.64. The molecular weight excluding hydrogens is 814 g/mol. The molecule has 2 aromatic carbocycles. The first-order chi connectivity index (χ1) is 28.6. The molecule has 12 nitrogen and oxygen atoms in total. The van der Waals surface area contributed by atoms with Gasteiger partial charge in [0.05, 0.1) is 28.4 Å². The van der Waals surface area contributed by atoms with Crippen LogP contribution in [0.2, 0.25) is 0 Å². The zero-order chi connectivity index (χ0) is 44.9. The van der Waals surface area contributed by atoms with Gasteiger partial charge in [0.25, 0.3) is 11.6 Å². The fourth-order valence-corrected chi connectivity index (χ4v) is 11.0. The number of ether oxygens (including phenoxy) is 2. The van der Waals surface area contributed by atoms with Crippen LogP contribution in [-0.4, -0.2) is 69.0 Å². The number of hydrogen-bond donors (Lipinski definition) is 3. The average Bonchev–Trinajstić information content (AvgIpc) is 3.89. The van der Waals surface area contributed by atoms with Crippen molar-refractivity contribution in [1.82, 2.24) is 10.0 Å². The normalized spacial score (nSPS) is 26.7. The third-order valence-corrected chi connectivity index (χ3v) is 15.8. The van der Waals surface area contributed by atoms with Gasteiger partial charge in [-0.05, 0) is 105 Å². The van der Waals surface area contributed by atoms with Gasteiger partial charge in [-0.1, -0.05) is 92.0 Å². The summed E-state index contributed by atoms with van der Waals surface area (Å²) in [6.07, 6.45) is 7.59. The number of nitrogens with zero attached hydrogens (tertiary/aromatic N) is 2. The van der Waals surface area contributed by atoms with Crippen LogP contribution in [0.25, 0.3) is 0 Å². The molecule has 0 aromatic heterocycles. The number of rotatable bonds is 15. The summed E-state index contributed by atoms with van der Waals surface area (Å²) in [4.78, 5) is 47.8. The molecule has 334 valence electrons. The number of epoxide rings is 1. The molecule has 61 heavy (non-hydrogen) atoms. The van der Waals surface area contributed by atoms with Gasteiger partial charge >= 0.3 is 6.03 Å². The minimum Gasteiger partial charge on any atom is -0.455 e. The topological polar surface area (TPSA) is 150 Å². The molecule has 0 radical (unpaired) electrons. The van der Waals surface area contributed by atoms with Crippen LogP contribution >= 0.6 is 11.6 Å². The molecule has 4 aliphatic rings. The van der Waals surface area contributed by atoms with Crippen molar-refractivity contribution in [3.63, 3.8) is 0 Å². The summed E-state index contributed by atoms with van der Waals surface area (Å²) in [7, 11) is -3.38. The third-order valence-electron chi connectivity index (χ3n) is 14.6. The number of amides is 3. The first kappa shape index (κ1) is 46.6. The van der Waals surface area contributed by atoms with E-state index in [4.69, 9.17) is 21.1 Å². The Morgan fingerprint density at radius 3 is 2.33 bits per heavy atom. The second-order valence-corrected chi connectivity index (χ2v) is 20.8. The van der Waals surface area contributed by atoms with Crippen LogP contribution in [-0.2, 0) is 24.3 Å². The Kier molecular flexibility index (Phi) is 13.0. The van der Waals surface area contributed by atoms with E-state index < -0.39 is 38.8 Å². The minimum atomic E-state index is -3.38. The highest BCUT2D eigenvalue weighted by Crippen LogP contribution is 2.67. The molecule has 0 bridgehead atoms. The van der Waals surface area contributed by atoms with E-state index >= 15 is 4.79 Å². The van der Waals surface area contributed by atoms with Crippen molar-refractivity contribution in [3.8, 4) is 5.75 Å². The number of fused-ring (bicyclic) bond motifs is 1. The quantitative estimate of drug-likeness (QED) is 0.150. The largest absolute Gasteiger partial charge is 0.455 e. The number of sulfonamides is 1. The molecule has 3 N–H and O–H groups in total. The molecule has 5 atom stereocenters. The summed E-state index contributed by atoms with van der Waals surface area (Å²) < 4.78 is 40.2. The first-order valence-electron chi connectivity index (χ1n) is 22.0. The number of para-hydroxylation sites is 2. The Labute approximate surface area is 368 Å². The molecule has 1 saturated carbocycles. The van der Waals surface area contributed by atoms with E-state index in [1.807, 2.05) is 44.7 Å². The molecule has 1 saturated heterocycles. The molecule has 2 aliphatic heterocycles. The maximum atomic E-state index is 15.4. The van der Waals surface area contributed by atoms with E-state index in [1.54, 1.807) is 30.3 Å². The van der Waals surface area contributed by atoms with Crippen LogP contribution in [0.15, 0.2) is 64.8 Å². The number of anilines is 3. The fourth-order valence-electron chi connectivity index (χ4n) is 10.3. The lowest BCUT2D eigenvalue weighted by atomic mass is 9.54. The Morgan fingerprint density at radius 2 is 1.72 bits per heavy atom. The number of nitrogens with one attached hydrogen (secondary N) is 3. The number of allylic oxidation sites excluding steroid dienone is 2. The van der Waals surface area contributed by atoms with Crippen LogP contribution in [0.3, 0.4) is 0 Å². The van der Waals surface area contributed by atoms with E-state index in [2.05, 4.69) is 56.9 Å². The highest BCUT2D eigenvalue weighted by atomic mass is 35.5. The van der Waals surface area contributed by atoms with Crippen molar-refractivity contribution in [1.29, 1.82) is 0 Å². The predicted octanol–water partition coefficient (Wildman–Crippen LogP) is 9.19. The van der Waals surface area contributed by atoms with Gasteiger partial charge in [-0.2, -0.15) is 0 Å². The van der Waals surface area contributed by atoms with Gasteiger partial charge in [0.2, 0.25) is 10.0 Å². The van der Waals surface area contributed by atoms with Gasteiger partial charge in [-0.3, -0.25) is 9.59 Å². The van der Waals surface area contributed by atoms with Gasteiger partial charge < -0.3 is 25.0 Å². The maximum absolute atomic E-state index is 15.4. The summed E-state index contributed by atoms with van der Waals surface area (Å²) in [5, 5.41) is 6.13. The van der Waals surface area contributed by atoms with Gasteiger partial charge in [-0.25, -0.2) is 22.8 Å². The smallest absolute Gasteiger partial charge is 0.330 e. The lowest BCUT2D eigenvalue weighted by Gasteiger charge is -2.49. The molecule has 2 heterocycles. The van der Waals surface area contributed by atoms with E-state index in [0.717, 1.165) is 44.0 Å². The molecule has 5 unspecified atom stereocenters. The Balaban J connectivity index is 1.48. The summed E-state index contributed by atoms with van der Waals surface area (Å²) in [6, 6.07) is 12.1. The zero-order valence-corrected chi connectivity index (χ0v) is 39.5. The number of benzene rings is 2. The Bertz CT molecular complexity index is 2240. The zero-order valence-electron chi connectivity index (χ0n) is 37.9. The number of urea groups is 1. The van der Waals surface area contributed by atoms with E-state index in [0.29, 0.717) is 53.7 Å². The standard InChI is InChI=1S/C47H66ClN5O7S/c1-12-33-40(48)36(54)29-39(51-41(55)45(15-4)46(60-45)24-23-31(43(7,8)13-2)28-38(46)44(9,10)14-3)47(33)53(42(56)50-34-19-17-18-20-37(34)59-47)35-22-21-32(27-30(35)6)52(16-5)26-25-49-61(11,57)58/h17-22,27,29,31,38,49H,12-16,23-26,28H2,1-11H3,(H,50,56)(H,51,55). The molecule has 6 rings (SSSR count). The maximum Gasteiger partial charge on any atom is 0.330 e. The van der Waals surface area contributed by atoms with Crippen molar-refractivity contribution in [2.75, 3.05) is 41.0 Å². The predicted molar refractivity (Wildman–Crippen MR) is 243 cm³/mol. The van der Waals surface area contributed by atoms with E-state index in [9.17, 15) is 18.0 Å². The number of carbonyl (C=O) groups excluding carboxylic acids is 3. The molecule has 3 amide bonds. The summed E-state index contributed by atoms with van der Waals surface area (Å²) >= 11 is 6.99. The van der Waals surface area contributed by atoms with Gasteiger partial charge in [0.15, 0.2) is 11.4 Å². The van der Waals surface area contributed by atoms with Crippen LogP contribution in [0.5, 0.6) is 5.75 Å². The lowest BCUT2D eigenvalue weighted by molar-refractivity contribution is -0.126. The molecular formula is C47H66ClN5O7S. The number of carbonyl (C=O) groups is 3. The Morgan fingerprint density at radius 1 is 1.03 bits per heavy atom. The van der Waals surface area contributed by atoms with Gasteiger partial charge in [-0.15, -0.1) is 0 Å². The van der Waals surface area contributed by atoms with Crippen molar-refractivity contribution < 1.29 is 32.3 Å². The van der Waals surface area contributed by atoms with E-state index in [-0.39, 0.29) is 46.3 Å². The number of ketones is 1. The molecule has 2 fully saturated rings. The van der Waals surface area contributed by atoms with Crippen LogP contribution < -0.4 is 29.9 Å². The molecule has 2 aromatic rings. The first-order valence-corrected chi connectivity index (χ1v) is 24.3. The number of hydrogen-bond acceptors (Lipinski definition) is 8. The molecule has 2 aliphatic carbocycles. The summed E-state index contributed by atoms with van der Waals surface area (Å²) in [5.74, 6) is -0.0256. The third kappa shape index (κ3) is 8.13. The van der Waals surface area contributed by atoms with Crippen LogP contribution in [0, 0.1) is 29.6 Å². The SMILES string of the molecule is CCC1=C(Cl)C(=O)C=C(NC(=O)C2(CC)OC23CCC(C(C)(C)CC)CC3C(C)(C)CC)C12Oc1ccccc1NC(=O)N2c1ccc(N(CC)CCNS(C)(=O)=O)cc1C. The molecule has 2 spiro atoms. The summed E-state index contributed by atoms with van der Waals surface area (Å²) in [5.41, 5.74) is -1.15. The minimum absolute atomic E-state index is 0.0618. The van der Waals surface area contributed by atoms with Crippen LogP contribution in [0.4, 0.5) is 21.9 Å². The van der Waals surface area contributed by atoms with Crippen molar-refractivity contribution >= 4 is 56.4 Å². The van der Waals surface area contributed by atoms with Crippen LogP contribution in [0.1, 0.15) is 113 Å². The van der Waals surface area contributed by atoms with Gasteiger partial charge in [0, 0.05) is 37.0 Å². The fraction of sp³-hybridized carbons (Fsp3) is 0.596. The average molecular weight is 881 g/mol. The van der Waals surface area contributed by atoms with Crippen molar-refractivity contribution in [2.24, 2.45) is 22.7 Å². The highest BCUT2D eigenvalue weighted by molar-refractivity contribution is 7.88.